The molecule has 0 spiro atoms. The highest BCUT2D eigenvalue weighted by Crippen LogP contribution is 2.35. The van der Waals surface area contributed by atoms with Crippen LogP contribution in [-0.2, 0) is 76.2 Å². The molecule has 6 atom stereocenters. The SMILES string of the molecule is C=CC(=O)N1C[C@@H](N2C(=O)Cc3ccccc32)[C@H](OCc2cccc(C)c2)C1.C=CC(=O)N1C[C@@H](N2Cc3ccccc3C2=O)[C@H](OCc2cccc(C)c2)C1.C=CC(=O)N1C[C@@H](NS(=O)(=O)c2cnc[nH]2)[C@H](OCc2cccc(C)c2)C1. The van der Waals surface area contributed by atoms with E-state index in [0.717, 1.165) is 44.6 Å². The van der Waals surface area contributed by atoms with Gasteiger partial charge in [0.05, 0.1) is 75.2 Å². The molecule has 432 valence electrons. The number of benzene rings is 5. The van der Waals surface area contributed by atoms with Gasteiger partial charge in [-0.15, -0.1) is 0 Å². The number of H-pyrrole nitrogens is 1. The van der Waals surface area contributed by atoms with Gasteiger partial charge < -0.3 is 43.7 Å². The number of amides is 5. The Kier molecular flexibility index (Phi) is 19.1. The van der Waals surface area contributed by atoms with Crippen LogP contribution in [0, 0.1) is 20.8 Å². The second-order valence-corrected chi connectivity index (χ2v) is 23.0. The fraction of sp³-hybridized carbons (Fsp3) is 0.312. The first-order valence-electron chi connectivity index (χ1n) is 27.6. The molecule has 19 heteroatoms. The second kappa shape index (κ2) is 26.7. The van der Waals surface area contributed by atoms with Crippen LogP contribution in [0.4, 0.5) is 5.69 Å². The largest absolute Gasteiger partial charge is 0.370 e. The third-order valence-electron chi connectivity index (χ3n) is 15.4. The maximum atomic E-state index is 12.9. The zero-order valence-electron chi connectivity index (χ0n) is 47.0. The number of carbonyl (C=O) groups excluding carboxylic acids is 5. The average molecular weight is 1140 g/mol. The van der Waals surface area contributed by atoms with E-state index in [1.165, 1.54) is 46.8 Å². The summed E-state index contributed by atoms with van der Waals surface area (Å²) < 4.78 is 46.0. The van der Waals surface area contributed by atoms with E-state index in [2.05, 4.69) is 46.6 Å². The van der Waals surface area contributed by atoms with Crippen LogP contribution >= 0.6 is 0 Å². The number of hydrogen-bond donors (Lipinski definition) is 2. The van der Waals surface area contributed by atoms with E-state index in [9.17, 15) is 32.4 Å². The molecule has 18 nitrogen and oxygen atoms in total. The van der Waals surface area contributed by atoms with E-state index in [0.29, 0.717) is 59.0 Å². The van der Waals surface area contributed by atoms with Crippen LogP contribution in [0.15, 0.2) is 177 Å². The predicted octanol–water partition coefficient (Wildman–Crippen LogP) is 6.78. The third-order valence-corrected chi connectivity index (χ3v) is 16.8. The lowest BCUT2D eigenvalue weighted by Gasteiger charge is -2.29. The number of ether oxygens (including phenoxy) is 3. The Bertz CT molecular complexity index is 3480. The van der Waals surface area contributed by atoms with E-state index in [4.69, 9.17) is 14.2 Å². The van der Waals surface area contributed by atoms with Crippen LogP contribution in [0.1, 0.15) is 54.9 Å². The molecule has 6 aromatic rings. The van der Waals surface area contributed by atoms with Gasteiger partial charge in [0, 0.05) is 57.1 Å². The summed E-state index contributed by atoms with van der Waals surface area (Å²) in [5.41, 5.74) is 10.3. The zero-order chi connectivity index (χ0) is 58.8. The number of likely N-dealkylation sites (tertiary alicyclic amines) is 3. The molecule has 0 bridgehead atoms. The number of aromatic amines is 1. The topological polar surface area (TPSA) is 204 Å². The van der Waals surface area contributed by atoms with Gasteiger partial charge in [0.25, 0.3) is 15.9 Å². The summed E-state index contributed by atoms with van der Waals surface area (Å²) in [6.07, 6.45) is 5.81. The van der Waals surface area contributed by atoms with Gasteiger partial charge in [0.1, 0.15) is 0 Å². The highest BCUT2D eigenvalue weighted by atomic mass is 32.2. The number of fused-ring (bicyclic) bond motifs is 2. The zero-order valence-corrected chi connectivity index (χ0v) is 47.8. The molecule has 5 aliphatic heterocycles. The fourth-order valence-corrected chi connectivity index (χ4v) is 12.4. The van der Waals surface area contributed by atoms with Gasteiger partial charge in [-0.1, -0.05) is 146 Å². The molecule has 0 radical (unpaired) electrons. The second-order valence-electron chi connectivity index (χ2n) is 21.3. The minimum Gasteiger partial charge on any atom is -0.370 e. The summed E-state index contributed by atoms with van der Waals surface area (Å²) in [5, 5.41) is -0.0339. The van der Waals surface area contributed by atoms with Gasteiger partial charge in [0.2, 0.25) is 23.6 Å². The van der Waals surface area contributed by atoms with Crippen molar-refractivity contribution < 1.29 is 46.6 Å². The number of aryl methyl sites for hydroxylation is 3. The molecular formula is C64H70N8O10S. The van der Waals surface area contributed by atoms with Crippen LogP contribution in [0.2, 0.25) is 0 Å². The lowest BCUT2D eigenvalue weighted by atomic mass is 10.1. The lowest BCUT2D eigenvalue weighted by Crippen LogP contribution is -2.46. The molecule has 0 unspecified atom stereocenters. The van der Waals surface area contributed by atoms with Crippen LogP contribution in [-0.4, -0.2) is 143 Å². The number of nitrogens with zero attached hydrogens (tertiary/aromatic N) is 6. The van der Waals surface area contributed by atoms with E-state index in [-0.39, 0.29) is 71.9 Å². The summed E-state index contributed by atoms with van der Waals surface area (Å²) in [6, 6.07) is 38.8. The number of sulfonamides is 1. The third kappa shape index (κ3) is 14.3. The summed E-state index contributed by atoms with van der Waals surface area (Å²) in [4.78, 5) is 77.0. The van der Waals surface area contributed by atoms with Gasteiger partial charge in [-0.05, 0) is 78.9 Å². The first kappa shape index (κ1) is 59.3. The van der Waals surface area contributed by atoms with E-state index < -0.39 is 22.2 Å². The van der Waals surface area contributed by atoms with Crippen LogP contribution in [0.3, 0.4) is 0 Å². The molecular weight excluding hydrogens is 1070 g/mol. The smallest absolute Gasteiger partial charge is 0.258 e. The predicted molar refractivity (Wildman–Crippen MR) is 314 cm³/mol. The Balaban J connectivity index is 0.000000150. The number of carbonyl (C=O) groups is 5. The molecule has 11 rings (SSSR count). The molecule has 3 saturated heterocycles. The summed E-state index contributed by atoms with van der Waals surface area (Å²) in [5.74, 6) is -0.453. The van der Waals surface area contributed by atoms with Gasteiger partial charge in [0.15, 0.2) is 5.03 Å². The van der Waals surface area contributed by atoms with Crippen molar-refractivity contribution in [1.29, 1.82) is 0 Å². The van der Waals surface area contributed by atoms with Crippen LogP contribution < -0.4 is 9.62 Å². The van der Waals surface area contributed by atoms with Crippen molar-refractivity contribution in [2.75, 3.05) is 44.2 Å². The number of rotatable bonds is 17. The molecule has 2 N–H and O–H groups in total. The number of para-hydroxylation sites is 1. The van der Waals surface area contributed by atoms with Gasteiger partial charge in [-0.3, -0.25) is 24.0 Å². The number of imidazole rings is 1. The lowest BCUT2D eigenvalue weighted by molar-refractivity contribution is -0.126. The van der Waals surface area contributed by atoms with Crippen molar-refractivity contribution in [2.24, 2.45) is 0 Å². The Labute approximate surface area is 485 Å². The summed E-state index contributed by atoms with van der Waals surface area (Å²) in [6.45, 7) is 20.9. The molecule has 0 aliphatic carbocycles. The quantitative estimate of drug-likeness (QED) is 0.0912. The highest BCUT2D eigenvalue weighted by Gasteiger charge is 2.46. The molecule has 5 aromatic carbocycles. The molecule has 83 heavy (non-hydrogen) atoms. The molecule has 0 saturated carbocycles. The van der Waals surface area contributed by atoms with Gasteiger partial charge in [-0.2, -0.15) is 0 Å². The minimum absolute atomic E-state index is 0.0117. The molecule has 1 aromatic heterocycles. The Morgan fingerprint density at radius 2 is 1.10 bits per heavy atom. The van der Waals surface area contributed by atoms with Crippen molar-refractivity contribution in [3.8, 4) is 0 Å². The Morgan fingerprint density at radius 1 is 0.614 bits per heavy atom. The monoisotopic (exact) mass is 1140 g/mol. The summed E-state index contributed by atoms with van der Waals surface area (Å²) >= 11 is 0. The molecule has 3 fully saturated rings. The Morgan fingerprint density at radius 3 is 1.61 bits per heavy atom. The normalized spacial score (nSPS) is 20.7. The molecule has 5 aliphatic rings. The van der Waals surface area contributed by atoms with Crippen molar-refractivity contribution in [1.82, 2.24) is 34.3 Å². The number of aromatic nitrogens is 2. The van der Waals surface area contributed by atoms with Gasteiger partial charge >= 0.3 is 0 Å². The maximum absolute atomic E-state index is 12.9. The first-order valence-corrected chi connectivity index (χ1v) is 29.1. The van der Waals surface area contributed by atoms with Gasteiger partial charge in [-0.25, -0.2) is 18.1 Å². The number of anilines is 1. The van der Waals surface area contributed by atoms with E-state index >= 15 is 0 Å². The van der Waals surface area contributed by atoms with Crippen molar-refractivity contribution in [3.05, 3.63) is 222 Å². The van der Waals surface area contributed by atoms with Crippen molar-refractivity contribution >= 4 is 45.2 Å². The number of nitrogens with one attached hydrogen (secondary N) is 2. The highest BCUT2D eigenvalue weighted by molar-refractivity contribution is 7.89. The maximum Gasteiger partial charge on any atom is 0.258 e. The minimum atomic E-state index is -3.79. The number of hydrogen-bond acceptors (Lipinski definition) is 11. The summed E-state index contributed by atoms with van der Waals surface area (Å²) in [7, 11) is -3.79. The van der Waals surface area contributed by atoms with Crippen LogP contribution in [0.5, 0.6) is 0 Å². The van der Waals surface area contributed by atoms with Crippen molar-refractivity contribution in [2.45, 2.75) is 95.0 Å². The Hall–Kier alpha value is -8.33. The molecule has 6 heterocycles. The standard InChI is InChI=1S/2C23H24N2O3.C18H22N4O4S/c1-3-22(26)24-13-20(25-12-18-9-4-5-10-19(18)23(25)27)21(14-24)28-15-17-8-6-7-16(2)11-17;1-3-22(26)24-13-20(25-19-10-5-4-9-18(19)12-23(25)27)21(14-24)28-15-17-8-6-7-16(2)11-17;1-3-18(23)22-9-15(21-27(24,25)17-8-19-12-20-17)16(10-22)26-11-14-6-4-5-13(2)7-14/h2*3-11,20-21H,1,12-15H2,2H3;3-8,12,15-16,21H,1,9-11H2,2H3,(H,19,20)/t2*20-,21-;15-,16-/m111/s1. The van der Waals surface area contributed by atoms with E-state index in [1.54, 1.807) is 9.80 Å². The first-order chi connectivity index (χ1) is 40.0. The molecule has 5 amide bonds. The average Bonchev–Trinajstić information content (AvgIpc) is 4.43. The fourth-order valence-electron chi connectivity index (χ4n) is 11.2. The van der Waals surface area contributed by atoms with E-state index in [1.807, 2.05) is 140 Å². The van der Waals surface area contributed by atoms with Crippen molar-refractivity contribution in [3.63, 3.8) is 0 Å². The van der Waals surface area contributed by atoms with Crippen LogP contribution in [0.25, 0.3) is 0 Å².